The van der Waals surface area contributed by atoms with Gasteiger partial charge in [0, 0.05) is 19.1 Å². The second-order valence-electron chi connectivity index (χ2n) is 6.23. The van der Waals surface area contributed by atoms with Crippen LogP contribution in [-0.2, 0) is 0 Å². The molecule has 3 N–H and O–H groups in total. The Morgan fingerprint density at radius 1 is 1.29 bits per heavy atom. The standard InChI is InChI=1S/C14H28N2O/c1-11-9-16(7-6-14(11)15)10-13(17)8-12-4-2-3-5-12/h11-14,17H,2-10,15H2,1H3. The van der Waals surface area contributed by atoms with Crippen molar-refractivity contribution in [1.29, 1.82) is 0 Å². The lowest BCUT2D eigenvalue weighted by atomic mass is 9.94. The van der Waals surface area contributed by atoms with E-state index >= 15 is 0 Å². The minimum atomic E-state index is -0.125. The monoisotopic (exact) mass is 240 g/mol. The highest BCUT2D eigenvalue weighted by Gasteiger charge is 2.25. The molecule has 0 aromatic carbocycles. The summed E-state index contributed by atoms with van der Waals surface area (Å²) in [5.74, 6) is 1.36. The van der Waals surface area contributed by atoms with Crippen molar-refractivity contribution in [3.63, 3.8) is 0 Å². The van der Waals surface area contributed by atoms with Crippen LogP contribution in [0.3, 0.4) is 0 Å². The van der Waals surface area contributed by atoms with Crippen LogP contribution in [0.4, 0.5) is 0 Å². The smallest absolute Gasteiger partial charge is 0.0669 e. The van der Waals surface area contributed by atoms with Crippen LogP contribution < -0.4 is 5.73 Å². The Bertz CT molecular complexity index is 228. The predicted molar refractivity (Wildman–Crippen MR) is 70.8 cm³/mol. The third-order valence-electron chi connectivity index (χ3n) is 4.60. The van der Waals surface area contributed by atoms with Crippen LogP contribution in [0.1, 0.15) is 45.4 Å². The van der Waals surface area contributed by atoms with Crippen LogP contribution in [-0.4, -0.2) is 41.8 Å². The summed E-state index contributed by atoms with van der Waals surface area (Å²) < 4.78 is 0. The number of nitrogens with two attached hydrogens (primary N) is 1. The van der Waals surface area contributed by atoms with Crippen LogP contribution >= 0.6 is 0 Å². The van der Waals surface area contributed by atoms with E-state index in [1.165, 1.54) is 25.7 Å². The lowest BCUT2D eigenvalue weighted by molar-refractivity contribution is 0.0666. The molecule has 1 heterocycles. The van der Waals surface area contributed by atoms with E-state index in [2.05, 4.69) is 11.8 Å². The Hall–Kier alpha value is -0.120. The quantitative estimate of drug-likeness (QED) is 0.784. The largest absolute Gasteiger partial charge is 0.392 e. The molecule has 1 aliphatic carbocycles. The van der Waals surface area contributed by atoms with Gasteiger partial charge in [0.25, 0.3) is 0 Å². The first-order chi connectivity index (χ1) is 8.15. The van der Waals surface area contributed by atoms with E-state index in [1.807, 2.05) is 0 Å². The number of aliphatic hydroxyl groups excluding tert-OH is 1. The molecular weight excluding hydrogens is 212 g/mol. The van der Waals surface area contributed by atoms with Crippen molar-refractivity contribution in [2.75, 3.05) is 19.6 Å². The second kappa shape index (κ2) is 6.17. The Labute approximate surface area is 105 Å². The lowest BCUT2D eigenvalue weighted by Crippen LogP contribution is -2.48. The molecule has 0 aromatic rings. The molecule has 1 saturated heterocycles. The first-order valence-electron chi connectivity index (χ1n) is 7.31. The van der Waals surface area contributed by atoms with Gasteiger partial charge in [-0.3, -0.25) is 0 Å². The van der Waals surface area contributed by atoms with E-state index in [1.54, 1.807) is 0 Å². The van der Waals surface area contributed by atoms with Crippen LogP contribution in [0.5, 0.6) is 0 Å². The zero-order chi connectivity index (χ0) is 12.3. The van der Waals surface area contributed by atoms with Gasteiger partial charge in [0.2, 0.25) is 0 Å². The molecule has 3 heteroatoms. The van der Waals surface area contributed by atoms with E-state index < -0.39 is 0 Å². The number of aliphatic hydroxyl groups is 1. The molecule has 3 nitrogen and oxygen atoms in total. The average Bonchev–Trinajstić information content (AvgIpc) is 2.76. The van der Waals surface area contributed by atoms with Crippen LogP contribution in [0.25, 0.3) is 0 Å². The molecule has 1 aliphatic heterocycles. The topological polar surface area (TPSA) is 49.5 Å². The molecule has 2 aliphatic rings. The number of hydrogen-bond donors (Lipinski definition) is 2. The van der Waals surface area contributed by atoms with Gasteiger partial charge >= 0.3 is 0 Å². The Morgan fingerprint density at radius 3 is 2.65 bits per heavy atom. The first kappa shape index (κ1) is 13.3. The van der Waals surface area contributed by atoms with Crippen molar-refractivity contribution in [1.82, 2.24) is 4.90 Å². The summed E-state index contributed by atoms with van der Waals surface area (Å²) >= 11 is 0. The maximum atomic E-state index is 10.1. The molecule has 1 saturated carbocycles. The third-order valence-corrected chi connectivity index (χ3v) is 4.60. The Kier molecular flexibility index (Phi) is 4.83. The molecule has 0 aromatic heterocycles. The van der Waals surface area contributed by atoms with Crippen molar-refractivity contribution >= 4 is 0 Å². The van der Waals surface area contributed by atoms with Gasteiger partial charge < -0.3 is 15.7 Å². The summed E-state index contributed by atoms with van der Waals surface area (Å²) in [5, 5.41) is 10.1. The molecule has 3 atom stereocenters. The molecule has 0 spiro atoms. The van der Waals surface area contributed by atoms with E-state index in [0.717, 1.165) is 38.4 Å². The van der Waals surface area contributed by atoms with Gasteiger partial charge in [-0.2, -0.15) is 0 Å². The van der Waals surface area contributed by atoms with E-state index in [9.17, 15) is 5.11 Å². The molecule has 3 unspecified atom stereocenters. The molecule has 17 heavy (non-hydrogen) atoms. The molecule has 0 bridgehead atoms. The van der Waals surface area contributed by atoms with Gasteiger partial charge in [0.15, 0.2) is 0 Å². The number of piperidine rings is 1. The van der Waals surface area contributed by atoms with Gasteiger partial charge in [0.05, 0.1) is 6.10 Å². The zero-order valence-corrected chi connectivity index (χ0v) is 11.1. The maximum Gasteiger partial charge on any atom is 0.0669 e. The molecule has 2 fully saturated rings. The molecule has 2 rings (SSSR count). The number of rotatable bonds is 4. The zero-order valence-electron chi connectivity index (χ0n) is 11.1. The average molecular weight is 240 g/mol. The summed E-state index contributed by atoms with van der Waals surface area (Å²) in [5.41, 5.74) is 6.01. The van der Waals surface area contributed by atoms with Crippen molar-refractivity contribution in [3.8, 4) is 0 Å². The lowest BCUT2D eigenvalue weighted by Gasteiger charge is -2.36. The van der Waals surface area contributed by atoms with Gasteiger partial charge in [-0.05, 0) is 31.2 Å². The highest BCUT2D eigenvalue weighted by Crippen LogP contribution is 2.29. The fraction of sp³-hybridized carbons (Fsp3) is 1.00. The van der Waals surface area contributed by atoms with Gasteiger partial charge in [-0.15, -0.1) is 0 Å². The van der Waals surface area contributed by atoms with E-state index in [-0.39, 0.29) is 6.10 Å². The molecule has 0 radical (unpaired) electrons. The fourth-order valence-electron chi connectivity index (χ4n) is 3.42. The highest BCUT2D eigenvalue weighted by molar-refractivity contribution is 4.82. The van der Waals surface area contributed by atoms with E-state index in [4.69, 9.17) is 5.73 Å². The fourth-order valence-corrected chi connectivity index (χ4v) is 3.42. The van der Waals surface area contributed by atoms with Crippen LogP contribution in [0.15, 0.2) is 0 Å². The van der Waals surface area contributed by atoms with Crippen LogP contribution in [0, 0.1) is 11.8 Å². The maximum absolute atomic E-state index is 10.1. The third kappa shape index (κ3) is 3.94. The predicted octanol–water partition coefficient (Wildman–Crippen LogP) is 1.60. The van der Waals surface area contributed by atoms with Gasteiger partial charge in [-0.1, -0.05) is 32.6 Å². The highest BCUT2D eigenvalue weighted by atomic mass is 16.3. The molecular formula is C14H28N2O. The summed E-state index contributed by atoms with van der Waals surface area (Å²) in [7, 11) is 0. The molecule has 100 valence electrons. The first-order valence-corrected chi connectivity index (χ1v) is 7.31. The Morgan fingerprint density at radius 2 is 2.00 bits per heavy atom. The Balaban J connectivity index is 1.69. The summed E-state index contributed by atoms with van der Waals surface area (Å²) in [6.45, 7) is 5.20. The normalized spacial score (nSPS) is 34.1. The van der Waals surface area contributed by atoms with Crippen molar-refractivity contribution in [2.24, 2.45) is 17.6 Å². The van der Waals surface area contributed by atoms with Crippen molar-refractivity contribution in [3.05, 3.63) is 0 Å². The number of hydrogen-bond acceptors (Lipinski definition) is 3. The van der Waals surface area contributed by atoms with Gasteiger partial charge in [-0.25, -0.2) is 0 Å². The minimum Gasteiger partial charge on any atom is -0.392 e. The van der Waals surface area contributed by atoms with Crippen molar-refractivity contribution < 1.29 is 5.11 Å². The summed E-state index contributed by atoms with van der Waals surface area (Å²) in [6.07, 6.45) is 7.37. The SMILES string of the molecule is CC1CN(CC(O)CC2CCCC2)CCC1N. The minimum absolute atomic E-state index is 0.125. The van der Waals surface area contributed by atoms with Crippen molar-refractivity contribution in [2.45, 2.75) is 57.6 Å². The second-order valence-corrected chi connectivity index (χ2v) is 6.23. The number of likely N-dealkylation sites (tertiary alicyclic amines) is 1. The summed E-state index contributed by atoms with van der Waals surface area (Å²) in [4.78, 5) is 2.40. The number of nitrogens with zero attached hydrogens (tertiary/aromatic N) is 1. The van der Waals surface area contributed by atoms with E-state index in [0.29, 0.717) is 12.0 Å². The number of β-amino-alcohol motifs (C(OH)–C–C–N with tert-alkyl or cyclic N) is 1. The molecule has 0 amide bonds. The van der Waals surface area contributed by atoms with Crippen LogP contribution in [0.2, 0.25) is 0 Å². The van der Waals surface area contributed by atoms with Gasteiger partial charge in [0.1, 0.15) is 0 Å². The summed E-state index contributed by atoms with van der Waals surface area (Å²) in [6, 6.07) is 0.359.